The fraction of sp³-hybridized carbons (Fsp3) is 0.812. The minimum Gasteiger partial charge on any atom is -0.748 e. The Balaban J connectivity index is 0.000000809. The Kier molecular flexibility index (Phi) is 11.1. The lowest BCUT2D eigenvalue weighted by Crippen LogP contribution is -2.50. The van der Waals surface area contributed by atoms with Crippen molar-refractivity contribution in [3.63, 3.8) is 0 Å². The van der Waals surface area contributed by atoms with E-state index in [1.807, 2.05) is 0 Å². The van der Waals surface area contributed by atoms with Gasteiger partial charge in [-0.3, -0.25) is 4.79 Å². The molecular formula is C16H32N2O4S. The van der Waals surface area contributed by atoms with Gasteiger partial charge in [-0.05, 0) is 19.8 Å². The quantitative estimate of drug-likeness (QED) is 0.457. The number of hydrogen-bond donors (Lipinski definition) is 1. The molecule has 0 bridgehead atoms. The van der Waals surface area contributed by atoms with Gasteiger partial charge in [0.15, 0.2) is 0 Å². The third-order valence-electron chi connectivity index (χ3n) is 4.13. The molecule has 0 saturated carbocycles. The fourth-order valence-corrected chi connectivity index (χ4v) is 3.01. The Morgan fingerprint density at radius 1 is 1.04 bits per heavy atom. The van der Waals surface area contributed by atoms with Crippen LogP contribution in [0.4, 0.5) is 0 Å². The highest BCUT2D eigenvalue weighted by Gasteiger charge is 2.23. The van der Waals surface area contributed by atoms with Gasteiger partial charge in [-0.15, -0.1) is 0 Å². The van der Waals surface area contributed by atoms with Crippen molar-refractivity contribution < 1.29 is 22.2 Å². The first-order chi connectivity index (χ1) is 10.8. The SMILES string of the molecule is CCCC[N+](CC)(CCCC)CCCS(=O)(=O)[O-].O=C1C=CN1. The molecule has 0 aromatic rings. The van der Waals surface area contributed by atoms with Crippen LogP contribution in [0, 0.1) is 0 Å². The molecule has 1 aliphatic rings. The first-order valence-corrected chi connectivity index (χ1v) is 10.1. The topological polar surface area (TPSA) is 86.3 Å². The van der Waals surface area contributed by atoms with Crippen LogP contribution in [0.5, 0.6) is 0 Å². The van der Waals surface area contributed by atoms with Gasteiger partial charge in [0, 0.05) is 24.4 Å². The number of nitrogens with one attached hydrogen (secondary N) is 1. The molecule has 6 nitrogen and oxygen atoms in total. The molecular weight excluding hydrogens is 316 g/mol. The van der Waals surface area contributed by atoms with Crippen molar-refractivity contribution in [3.8, 4) is 0 Å². The van der Waals surface area contributed by atoms with Gasteiger partial charge < -0.3 is 14.4 Å². The van der Waals surface area contributed by atoms with Crippen molar-refractivity contribution in [3.05, 3.63) is 12.3 Å². The molecule has 0 atom stereocenters. The van der Waals surface area contributed by atoms with Gasteiger partial charge in [0.2, 0.25) is 5.91 Å². The normalized spacial score (nSPS) is 13.8. The molecule has 1 heterocycles. The van der Waals surface area contributed by atoms with Crippen LogP contribution in [-0.4, -0.2) is 55.3 Å². The van der Waals surface area contributed by atoms with E-state index < -0.39 is 10.1 Å². The average molecular weight is 349 g/mol. The van der Waals surface area contributed by atoms with Crippen LogP contribution in [0.25, 0.3) is 0 Å². The Bertz CT molecular complexity index is 453. The van der Waals surface area contributed by atoms with Gasteiger partial charge >= 0.3 is 0 Å². The summed E-state index contributed by atoms with van der Waals surface area (Å²) >= 11 is 0. The lowest BCUT2D eigenvalue weighted by molar-refractivity contribution is -0.927. The van der Waals surface area contributed by atoms with Crippen LogP contribution < -0.4 is 5.32 Å². The fourth-order valence-electron chi connectivity index (χ4n) is 2.52. The van der Waals surface area contributed by atoms with Gasteiger partial charge in [-0.2, -0.15) is 0 Å². The second kappa shape index (κ2) is 11.6. The van der Waals surface area contributed by atoms with Gasteiger partial charge in [-0.1, -0.05) is 26.7 Å². The van der Waals surface area contributed by atoms with Crippen molar-refractivity contribution >= 4 is 16.0 Å². The van der Waals surface area contributed by atoms with Crippen molar-refractivity contribution in [1.29, 1.82) is 0 Å². The van der Waals surface area contributed by atoms with Gasteiger partial charge in [0.25, 0.3) is 0 Å². The second-order valence-corrected chi connectivity index (χ2v) is 7.52. The van der Waals surface area contributed by atoms with Crippen molar-refractivity contribution in [2.75, 3.05) is 31.9 Å². The van der Waals surface area contributed by atoms with E-state index in [0.29, 0.717) is 6.42 Å². The summed E-state index contributed by atoms with van der Waals surface area (Å²) in [5.74, 6) is -0.212. The molecule has 0 aliphatic carbocycles. The summed E-state index contributed by atoms with van der Waals surface area (Å²) in [6.45, 7) is 10.6. The molecule has 0 saturated heterocycles. The largest absolute Gasteiger partial charge is 0.748 e. The molecule has 0 unspecified atom stereocenters. The summed E-state index contributed by atoms with van der Waals surface area (Å²) < 4.78 is 33.0. The van der Waals surface area contributed by atoms with Crippen LogP contribution in [-0.2, 0) is 14.9 Å². The highest BCUT2D eigenvalue weighted by Crippen LogP contribution is 2.13. The summed E-state index contributed by atoms with van der Waals surface area (Å²) in [6.07, 6.45) is 8.22. The van der Waals surface area contributed by atoms with E-state index in [4.69, 9.17) is 0 Å². The van der Waals surface area contributed by atoms with Gasteiger partial charge in [-0.25, -0.2) is 8.42 Å². The van der Waals surface area contributed by atoms with E-state index in [9.17, 15) is 17.8 Å². The van der Waals surface area contributed by atoms with Crippen molar-refractivity contribution in [2.24, 2.45) is 0 Å². The molecule has 7 heteroatoms. The zero-order valence-corrected chi connectivity index (χ0v) is 15.5. The Labute approximate surface area is 141 Å². The Morgan fingerprint density at radius 3 is 1.74 bits per heavy atom. The molecule has 1 amide bonds. The van der Waals surface area contributed by atoms with Crippen LogP contribution in [0.3, 0.4) is 0 Å². The summed E-state index contributed by atoms with van der Waals surface area (Å²) in [5, 5.41) is 2.39. The molecule has 0 radical (unpaired) electrons. The molecule has 136 valence electrons. The van der Waals surface area contributed by atoms with Crippen LogP contribution in [0.2, 0.25) is 0 Å². The number of unbranched alkanes of at least 4 members (excludes halogenated alkanes) is 2. The maximum Gasteiger partial charge on any atom is 0.249 e. The molecule has 0 fully saturated rings. The van der Waals surface area contributed by atoms with Crippen molar-refractivity contribution in [1.82, 2.24) is 5.32 Å². The first-order valence-electron chi connectivity index (χ1n) is 8.54. The number of carbonyl (C=O) groups is 1. The summed E-state index contributed by atoms with van der Waals surface area (Å²) in [4.78, 5) is 9.70. The third kappa shape index (κ3) is 11.3. The van der Waals surface area contributed by atoms with E-state index in [2.05, 4.69) is 26.1 Å². The van der Waals surface area contributed by atoms with Gasteiger partial charge in [0.1, 0.15) is 0 Å². The predicted octanol–water partition coefficient (Wildman–Crippen LogP) is 1.99. The van der Waals surface area contributed by atoms with E-state index >= 15 is 0 Å². The van der Waals surface area contributed by atoms with E-state index in [-0.39, 0.29) is 11.7 Å². The number of hydrogen-bond acceptors (Lipinski definition) is 4. The zero-order chi connectivity index (χ0) is 17.8. The number of amides is 1. The van der Waals surface area contributed by atoms with Crippen molar-refractivity contribution in [2.45, 2.75) is 52.9 Å². The highest BCUT2D eigenvalue weighted by molar-refractivity contribution is 7.85. The maximum atomic E-state index is 10.7. The van der Waals surface area contributed by atoms with Crippen LogP contribution in [0.1, 0.15) is 52.9 Å². The van der Waals surface area contributed by atoms with Crippen LogP contribution in [0.15, 0.2) is 12.3 Å². The molecule has 1 rings (SSSR count). The van der Waals surface area contributed by atoms with Crippen LogP contribution >= 0.6 is 0 Å². The summed E-state index contributed by atoms with van der Waals surface area (Å²) in [6, 6.07) is 0. The highest BCUT2D eigenvalue weighted by atomic mass is 32.2. The predicted molar refractivity (Wildman–Crippen MR) is 91.7 cm³/mol. The minimum absolute atomic E-state index is 0.00463. The zero-order valence-electron chi connectivity index (χ0n) is 14.7. The molecule has 0 aromatic heterocycles. The smallest absolute Gasteiger partial charge is 0.249 e. The minimum atomic E-state index is -4.06. The molecule has 1 N–H and O–H groups in total. The third-order valence-corrected chi connectivity index (χ3v) is 4.92. The first kappa shape index (κ1) is 22.1. The average Bonchev–Trinajstić information content (AvgIpc) is 2.47. The lowest BCUT2D eigenvalue weighted by Gasteiger charge is -2.38. The lowest BCUT2D eigenvalue weighted by atomic mass is 10.2. The van der Waals surface area contributed by atoms with E-state index in [1.54, 1.807) is 6.20 Å². The molecule has 0 spiro atoms. The monoisotopic (exact) mass is 348 g/mol. The van der Waals surface area contributed by atoms with Gasteiger partial charge in [0.05, 0.1) is 36.3 Å². The van der Waals surface area contributed by atoms with E-state index in [1.165, 1.54) is 18.9 Å². The number of rotatable bonds is 11. The number of nitrogens with zero attached hydrogens (tertiary/aromatic N) is 1. The number of carbonyl (C=O) groups excluding carboxylic acids is 1. The summed E-state index contributed by atoms with van der Waals surface area (Å²) in [7, 11) is -4.06. The molecule has 1 aliphatic heterocycles. The Morgan fingerprint density at radius 2 is 1.48 bits per heavy atom. The standard InChI is InChI=1S/C13H29NO3S.C3H3NO/c1-4-7-10-14(6-3,11-8-5-2)12-9-13-18(15,16)17;5-3-1-2-4-3/h4-13H2,1-3H3;1-2H,(H,4,5). The number of quaternary nitrogens is 1. The maximum absolute atomic E-state index is 10.7. The Hall–Kier alpha value is -0.920. The molecule has 0 aromatic carbocycles. The second-order valence-electron chi connectivity index (χ2n) is 5.99. The summed E-state index contributed by atoms with van der Waals surface area (Å²) in [5.41, 5.74) is 0. The van der Waals surface area contributed by atoms with E-state index in [0.717, 1.165) is 43.5 Å². The molecule has 23 heavy (non-hydrogen) atoms.